The third kappa shape index (κ3) is 4.89. The number of pyridine rings is 1. The minimum Gasteiger partial charge on any atom is -0.387 e. The predicted octanol–water partition coefficient (Wildman–Crippen LogP) is 1.72. The van der Waals surface area contributed by atoms with Crippen molar-refractivity contribution in [2.75, 3.05) is 6.54 Å². The van der Waals surface area contributed by atoms with Crippen molar-refractivity contribution >= 4 is 17.5 Å². The number of aromatic nitrogens is 1. The van der Waals surface area contributed by atoms with Crippen molar-refractivity contribution in [1.82, 2.24) is 15.6 Å². The van der Waals surface area contributed by atoms with Crippen LogP contribution in [-0.4, -0.2) is 29.1 Å². The second-order valence-corrected chi connectivity index (χ2v) is 5.88. The van der Waals surface area contributed by atoms with E-state index in [-0.39, 0.29) is 30.9 Å². The predicted molar refractivity (Wildman–Crippen MR) is 96.0 cm³/mol. The maximum atomic E-state index is 12.1. The monoisotopic (exact) mass is 352 g/mol. The minimum atomic E-state index is -0.301. The van der Waals surface area contributed by atoms with Gasteiger partial charge < -0.3 is 15.5 Å². The van der Waals surface area contributed by atoms with Gasteiger partial charge >= 0.3 is 0 Å². The van der Waals surface area contributed by atoms with E-state index in [1.54, 1.807) is 12.4 Å². The Hall–Kier alpha value is -3.22. The van der Waals surface area contributed by atoms with Gasteiger partial charge in [0, 0.05) is 38.3 Å². The highest BCUT2D eigenvalue weighted by Crippen LogP contribution is 2.26. The summed E-state index contributed by atoms with van der Waals surface area (Å²) >= 11 is 0. The summed E-state index contributed by atoms with van der Waals surface area (Å²) in [6.45, 7) is 0.685. The van der Waals surface area contributed by atoms with Gasteiger partial charge in [-0.3, -0.25) is 14.6 Å². The molecule has 2 N–H and O–H groups in total. The third-order valence-electron chi connectivity index (χ3n) is 3.98. The van der Waals surface area contributed by atoms with E-state index in [2.05, 4.69) is 20.8 Å². The molecule has 1 aliphatic heterocycles. The van der Waals surface area contributed by atoms with Gasteiger partial charge in [0.25, 0.3) is 5.91 Å². The molecule has 2 heterocycles. The van der Waals surface area contributed by atoms with Gasteiger partial charge in [-0.2, -0.15) is 0 Å². The number of rotatable bonds is 7. The largest absolute Gasteiger partial charge is 0.387 e. The van der Waals surface area contributed by atoms with Crippen LogP contribution in [0, 0.1) is 0 Å². The van der Waals surface area contributed by atoms with Crippen LogP contribution >= 0.6 is 0 Å². The summed E-state index contributed by atoms with van der Waals surface area (Å²) in [5.41, 5.74) is 2.30. The topological polar surface area (TPSA) is 92.7 Å². The van der Waals surface area contributed by atoms with Crippen molar-refractivity contribution < 1.29 is 14.4 Å². The Morgan fingerprint density at radius 2 is 1.85 bits per heavy atom. The quantitative estimate of drug-likeness (QED) is 0.793. The first-order valence-electron chi connectivity index (χ1n) is 8.44. The second-order valence-electron chi connectivity index (χ2n) is 5.88. The first-order valence-corrected chi connectivity index (χ1v) is 8.44. The number of carbonyl (C=O) groups is 2. The summed E-state index contributed by atoms with van der Waals surface area (Å²) in [5.74, 6) is -0.431. The van der Waals surface area contributed by atoms with Gasteiger partial charge in [0.2, 0.25) is 5.91 Å². The van der Waals surface area contributed by atoms with Crippen LogP contribution in [0.15, 0.2) is 60.0 Å². The number of hydrogen-bond acceptors (Lipinski definition) is 5. The maximum Gasteiger partial charge on any atom is 0.269 e. The Kier molecular flexibility index (Phi) is 5.92. The molecule has 0 aliphatic carbocycles. The number of benzene rings is 1. The first-order chi connectivity index (χ1) is 12.7. The molecule has 1 aromatic carbocycles. The van der Waals surface area contributed by atoms with Crippen LogP contribution in [0.5, 0.6) is 0 Å². The van der Waals surface area contributed by atoms with E-state index in [0.29, 0.717) is 18.7 Å². The Morgan fingerprint density at radius 3 is 2.62 bits per heavy atom. The van der Waals surface area contributed by atoms with Crippen molar-refractivity contribution in [2.24, 2.45) is 5.16 Å². The fourth-order valence-corrected chi connectivity index (χ4v) is 2.54. The Morgan fingerprint density at radius 1 is 1.08 bits per heavy atom. The molecule has 0 radical (unpaired) electrons. The lowest BCUT2D eigenvalue weighted by atomic mass is 10.0. The average molecular weight is 352 g/mol. The molecule has 134 valence electrons. The molecule has 3 rings (SSSR count). The number of nitrogens with zero attached hydrogens (tertiary/aromatic N) is 2. The normalized spacial score (nSPS) is 15.7. The highest BCUT2D eigenvalue weighted by molar-refractivity contribution is 6.39. The van der Waals surface area contributed by atoms with Crippen molar-refractivity contribution in [3.63, 3.8) is 0 Å². The van der Waals surface area contributed by atoms with E-state index in [1.165, 1.54) is 0 Å². The molecule has 26 heavy (non-hydrogen) atoms. The third-order valence-corrected chi connectivity index (χ3v) is 3.98. The highest BCUT2D eigenvalue weighted by atomic mass is 16.6. The Balaban J connectivity index is 1.36. The summed E-state index contributed by atoms with van der Waals surface area (Å²) in [6.07, 6.45) is 3.74. The first kappa shape index (κ1) is 17.6. The fraction of sp³-hybridized carbons (Fsp3) is 0.263. The zero-order valence-electron chi connectivity index (χ0n) is 14.2. The Labute approximate surface area is 151 Å². The molecule has 1 aromatic heterocycles. The molecule has 0 bridgehead atoms. The van der Waals surface area contributed by atoms with Crippen molar-refractivity contribution in [3.8, 4) is 0 Å². The molecular weight excluding hydrogens is 332 g/mol. The van der Waals surface area contributed by atoms with Gasteiger partial charge in [0.15, 0.2) is 6.10 Å². The molecule has 7 heteroatoms. The van der Waals surface area contributed by atoms with Crippen LogP contribution in [0.2, 0.25) is 0 Å². The second kappa shape index (κ2) is 8.75. The molecule has 1 aliphatic rings. The number of carbonyl (C=O) groups excluding carboxylic acids is 2. The lowest BCUT2D eigenvalue weighted by molar-refractivity contribution is -0.121. The van der Waals surface area contributed by atoms with Gasteiger partial charge in [-0.25, -0.2) is 0 Å². The van der Waals surface area contributed by atoms with Crippen LogP contribution in [0.4, 0.5) is 0 Å². The zero-order valence-corrected chi connectivity index (χ0v) is 14.2. The number of hydrogen-bond donors (Lipinski definition) is 2. The van der Waals surface area contributed by atoms with Crippen LogP contribution in [0.25, 0.3) is 0 Å². The molecule has 7 nitrogen and oxygen atoms in total. The maximum absolute atomic E-state index is 12.1. The average Bonchev–Trinajstić information content (AvgIpc) is 3.18. The molecule has 1 atom stereocenters. The standard InChI is InChI=1S/C19H20N4O3/c24-18(22-13-14-6-9-20-10-7-14)8-11-21-19(25)16-12-17(26-23-16)15-4-2-1-3-5-15/h1-7,9-10,17H,8,11-13H2,(H,21,25)(H,22,24). The molecule has 2 amide bonds. The lowest BCUT2D eigenvalue weighted by Crippen LogP contribution is -2.34. The number of nitrogens with one attached hydrogen (secondary N) is 2. The summed E-state index contributed by atoms with van der Waals surface area (Å²) in [5, 5.41) is 9.37. The number of oxime groups is 1. The molecule has 0 fully saturated rings. The van der Waals surface area contributed by atoms with E-state index in [0.717, 1.165) is 11.1 Å². The molecule has 0 spiro atoms. The van der Waals surface area contributed by atoms with Crippen LogP contribution in [-0.2, 0) is 21.0 Å². The SMILES string of the molecule is O=C(CCNC(=O)C1=NOC(c2ccccc2)C1)NCc1ccncc1. The zero-order chi connectivity index (χ0) is 18.2. The summed E-state index contributed by atoms with van der Waals surface area (Å²) in [6, 6.07) is 13.3. The highest BCUT2D eigenvalue weighted by Gasteiger charge is 2.27. The van der Waals surface area contributed by atoms with Gasteiger partial charge in [-0.1, -0.05) is 35.5 Å². The molecule has 2 aromatic rings. The van der Waals surface area contributed by atoms with E-state index in [9.17, 15) is 9.59 Å². The molecular formula is C19H20N4O3. The van der Waals surface area contributed by atoms with E-state index in [4.69, 9.17) is 4.84 Å². The van der Waals surface area contributed by atoms with Crippen molar-refractivity contribution in [2.45, 2.75) is 25.5 Å². The van der Waals surface area contributed by atoms with Gasteiger partial charge in [-0.15, -0.1) is 0 Å². The van der Waals surface area contributed by atoms with Crippen molar-refractivity contribution in [3.05, 3.63) is 66.0 Å². The van der Waals surface area contributed by atoms with E-state index >= 15 is 0 Å². The van der Waals surface area contributed by atoms with Crippen LogP contribution in [0.3, 0.4) is 0 Å². The van der Waals surface area contributed by atoms with Crippen molar-refractivity contribution in [1.29, 1.82) is 0 Å². The summed E-state index contributed by atoms with van der Waals surface area (Å²) in [4.78, 5) is 33.2. The number of amides is 2. The molecule has 1 unspecified atom stereocenters. The van der Waals surface area contributed by atoms with E-state index in [1.807, 2.05) is 42.5 Å². The fourth-order valence-electron chi connectivity index (χ4n) is 2.54. The smallest absolute Gasteiger partial charge is 0.269 e. The lowest BCUT2D eigenvalue weighted by Gasteiger charge is -2.08. The van der Waals surface area contributed by atoms with E-state index < -0.39 is 0 Å². The summed E-state index contributed by atoms with van der Waals surface area (Å²) < 4.78 is 0. The van der Waals surface area contributed by atoms with Crippen LogP contribution < -0.4 is 10.6 Å². The van der Waals surface area contributed by atoms with Crippen LogP contribution in [0.1, 0.15) is 30.1 Å². The molecule has 0 saturated carbocycles. The minimum absolute atomic E-state index is 0.131. The van der Waals surface area contributed by atoms with Gasteiger partial charge in [0.1, 0.15) is 5.71 Å². The summed E-state index contributed by atoms with van der Waals surface area (Å²) in [7, 11) is 0. The van der Waals surface area contributed by atoms with Gasteiger partial charge in [-0.05, 0) is 23.3 Å². The van der Waals surface area contributed by atoms with Gasteiger partial charge in [0.05, 0.1) is 0 Å². The molecule has 0 saturated heterocycles. The Bertz CT molecular complexity index is 778.